The molecular formula is C21H19NO4. The number of carbonyl (C=O) groups is 2. The third kappa shape index (κ3) is 3.83. The van der Waals surface area contributed by atoms with Gasteiger partial charge in [0.05, 0.1) is 7.11 Å². The Morgan fingerprint density at radius 1 is 1.15 bits per heavy atom. The highest BCUT2D eigenvalue weighted by Gasteiger charge is 2.37. The van der Waals surface area contributed by atoms with Gasteiger partial charge >= 0.3 is 5.97 Å². The van der Waals surface area contributed by atoms with Crippen LogP contribution in [0, 0.1) is 5.92 Å². The van der Waals surface area contributed by atoms with Crippen molar-refractivity contribution in [3.63, 3.8) is 0 Å². The van der Waals surface area contributed by atoms with Crippen LogP contribution in [0.15, 0.2) is 72.4 Å². The van der Waals surface area contributed by atoms with Crippen molar-refractivity contribution in [2.24, 2.45) is 5.92 Å². The number of esters is 1. The number of hydrogen-bond acceptors (Lipinski definition) is 4. The molecule has 132 valence electrons. The maximum Gasteiger partial charge on any atom is 0.319 e. The van der Waals surface area contributed by atoms with Gasteiger partial charge in [-0.15, -0.1) is 0 Å². The van der Waals surface area contributed by atoms with E-state index in [1.165, 1.54) is 7.11 Å². The average Bonchev–Trinajstić information content (AvgIpc) is 2.94. The zero-order valence-corrected chi connectivity index (χ0v) is 14.4. The topological polar surface area (TPSA) is 64.6 Å². The molecule has 5 heteroatoms. The highest BCUT2D eigenvalue weighted by Crippen LogP contribution is 2.28. The van der Waals surface area contributed by atoms with Gasteiger partial charge in [-0.05, 0) is 29.3 Å². The molecule has 0 spiro atoms. The van der Waals surface area contributed by atoms with E-state index in [1.54, 1.807) is 6.08 Å². The molecule has 3 rings (SSSR count). The minimum absolute atomic E-state index is 0.319. The maximum absolute atomic E-state index is 12.1. The van der Waals surface area contributed by atoms with E-state index in [0.717, 1.165) is 16.9 Å². The predicted molar refractivity (Wildman–Crippen MR) is 98.0 cm³/mol. The van der Waals surface area contributed by atoms with E-state index in [1.807, 2.05) is 54.6 Å². The largest absolute Gasteiger partial charge is 0.489 e. The molecule has 1 heterocycles. The predicted octanol–water partition coefficient (Wildman–Crippen LogP) is 3.08. The summed E-state index contributed by atoms with van der Waals surface area (Å²) in [4.78, 5) is 24.0. The lowest BCUT2D eigenvalue weighted by Gasteiger charge is -2.09. The summed E-state index contributed by atoms with van der Waals surface area (Å²) in [5, 5.41) is 2.58. The molecule has 1 aliphatic rings. The first-order valence-corrected chi connectivity index (χ1v) is 8.15. The fraction of sp³-hybridized carbons (Fsp3) is 0.143. The van der Waals surface area contributed by atoms with Crippen LogP contribution in [0.2, 0.25) is 0 Å². The summed E-state index contributed by atoms with van der Waals surface area (Å²) in [6.45, 7) is 4.20. The minimum Gasteiger partial charge on any atom is -0.489 e. The van der Waals surface area contributed by atoms with Gasteiger partial charge in [-0.2, -0.15) is 0 Å². The Morgan fingerprint density at radius 3 is 2.50 bits per heavy atom. The molecule has 0 bridgehead atoms. The third-order valence-corrected chi connectivity index (χ3v) is 4.08. The fourth-order valence-electron chi connectivity index (χ4n) is 2.73. The Bertz CT molecular complexity index is 853. The Kier molecular flexibility index (Phi) is 5.17. The number of methoxy groups -OCH3 is 1. The van der Waals surface area contributed by atoms with E-state index in [9.17, 15) is 9.59 Å². The van der Waals surface area contributed by atoms with Crippen LogP contribution < -0.4 is 10.1 Å². The smallest absolute Gasteiger partial charge is 0.319 e. The molecule has 0 radical (unpaired) electrons. The van der Waals surface area contributed by atoms with E-state index in [4.69, 9.17) is 9.47 Å². The standard InChI is InChI=1S/C21H19NO4/c1-14-19(21(24)25-2)18(20(23)22-14)12-15-8-10-17(11-9-15)26-13-16-6-4-3-5-7-16/h3-12,19H,1,13H2,2H3,(H,22,23)/b18-12-/t19-/m0/s1. The lowest BCUT2D eigenvalue weighted by Crippen LogP contribution is -2.17. The molecule has 2 aromatic carbocycles. The van der Waals surface area contributed by atoms with Crippen LogP contribution in [0.5, 0.6) is 5.75 Å². The number of carbonyl (C=O) groups excluding carboxylic acids is 2. The zero-order valence-electron chi connectivity index (χ0n) is 14.4. The summed E-state index contributed by atoms with van der Waals surface area (Å²) < 4.78 is 10.5. The summed E-state index contributed by atoms with van der Waals surface area (Å²) >= 11 is 0. The van der Waals surface area contributed by atoms with Gasteiger partial charge in [0.2, 0.25) is 0 Å². The van der Waals surface area contributed by atoms with Gasteiger partial charge in [0.15, 0.2) is 0 Å². The molecule has 1 aliphatic heterocycles. The number of nitrogens with one attached hydrogen (secondary N) is 1. The SMILES string of the molecule is C=C1NC(=O)/C(=C\c2ccc(OCc3ccccc3)cc2)[C@H]1C(=O)OC. The van der Waals surface area contributed by atoms with Crippen LogP contribution in [0.3, 0.4) is 0 Å². The van der Waals surface area contributed by atoms with Crippen molar-refractivity contribution < 1.29 is 19.1 Å². The second-order valence-electron chi connectivity index (χ2n) is 5.88. The second-order valence-corrected chi connectivity index (χ2v) is 5.88. The van der Waals surface area contributed by atoms with Crippen molar-refractivity contribution in [1.82, 2.24) is 5.32 Å². The van der Waals surface area contributed by atoms with Gasteiger partial charge in [-0.25, -0.2) is 0 Å². The monoisotopic (exact) mass is 349 g/mol. The average molecular weight is 349 g/mol. The molecule has 2 aromatic rings. The molecular weight excluding hydrogens is 330 g/mol. The molecule has 0 saturated carbocycles. The first-order valence-electron chi connectivity index (χ1n) is 8.15. The minimum atomic E-state index is -0.790. The van der Waals surface area contributed by atoms with Crippen molar-refractivity contribution >= 4 is 18.0 Å². The molecule has 1 atom stereocenters. The number of benzene rings is 2. The highest BCUT2D eigenvalue weighted by molar-refractivity contribution is 6.08. The van der Waals surface area contributed by atoms with Crippen LogP contribution in [-0.2, 0) is 20.9 Å². The van der Waals surface area contributed by atoms with Crippen LogP contribution in [-0.4, -0.2) is 19.0 Å². The number of ether oxygens (including phenoxy) is 2. The summed E-state index contributed by atoms with van der Waals surface area (Å²) in [5.74, 6) is -0.917. The summed E-state index contributed by atoms with van der Waals surface area (Å²) in [6.07, 6.45) is 1.66. The molecule has 1 fully saturated rings. The zero-order chi connectivity index (χ0) is 18.5. The number of rotatable bonds is 5. The van der Waals surface area contributed by atoms with Crippen molar-refractivity contribution in [1.29, 1.82) is 0 Å². The van der Waals surface area contributed by atoms with Crippen LogP contribution >= 0.6 is 0 Å². The Morgan fingerprint density at radius 2 is 1.85 bits per heavy atom. The first kappa shape index (κ1) is 17.5. The van der Waals surface area contributed by atoms with E-state index in [-0.39, 0.29) is 5.91 Å². The van der Waals surface area contributed by atoms with Gasteiger partial charge in [-0.3, -0.25) is 9.59 Å². The lowest BCUT2D eigenvalue weighted by atomic mass is 9.98. The molecule has 0 aliphatic carbocycles. The Balaban J connectivity index is 1.73. The van der Waals surface area contributed by atoms with E-state index >= 15 is 0 Å². The summed E-state index contributed by atoms with van der Waals surface area (Å²) in [5.41, 5.74) is 2.52. The third-order valence-electron chi connectivity index (χ3n) is 4.08. The molecule has 26 heavy (non-hydrogen) atoms. The fourth-order valence-corrected chi connectivity index (χ4v) is 2.73. The normalized spacial score (nSPS) is 17.9. The second kappa shape index (κ2) is 7.70. The maximum atomic E-state index is 12.1. The number of amides is 1. The van der Waals surface area contributed by atoms with Crippen molar-refractivity contribution in [3.8, 4) is 5.75 Å². The quantitative estimate of drug-likeness (QED) is 0.665. The summed E-state index contributed by atoms with van der Waals surface area (Å²) in [6, 6.07) is 17.2. The molecule has 1 N–H and O–H groups in total. The van der Waals surface area contributed by atoms with Gasteiger partial charge in [0.25, 0.3) is 5.91 Å². The van der Waals surface area contributed by atoms with Crippen LogP contribution in [0.1, 0.15) is 11.1 Å². The highest BCUT2D eigenvalue weighted by atomic mass is 16.5. The van der Waals surface area contributed by atoms with Gasteiger partial charge in [0, 0.05) is 11.3 Å². The van der Waals surface area contributed by atoms with Crippen molar-refractivity contribution in [2.45, 2.75) is 6.61 Å². The van der Waals surface area contributed by atoms with Gasteiger partial charge in [-0.1, -0.05) is 49.0 Å². The van der Waals surface area contributed by atoms with Crippen molar-refractivity contribution in [2.75, 3.05) is 7.11 Å². The van der Waals surface area contributed by atoms with Gasteiger partial charge < -0.3 is 14.8 Å². The lowest BCUT2D eigenvalue weighted by molar-refractivity contribution is -0.142. The van der Waals surface area contributed by atoms with Gasteiger partial charge in [0.1, 0.15) is 18.3 Å². The van der Waals surface area contributed by atoms with Crippen LogP contribution in [0.25, 0.3) is 6.08 Å². The molecule has 1 amide bonds. The van der Waals surface area contributed by atoms with E-state index < -0.39 is 11.9 Å². The molecule has 1 saturated heterocycles. The Labute approximate surface area is 151 Å². The molecule has 0 aromatic heterocycles. The first-order chi connectivity index (χ1) is 12.6. The number of hydrogen-bond donors (Lipinski definition) is 1. The summed E-state index contributed by atoms with van der Waals surface area (Å²) in [7, 11) is 1.29. The van der Waals surface area contributed by atoms with E-state index in [0.29, 0.717) is 17.9 Å². The van der Waals surface area contributed by atoms with Crippen molar-refractivity contribution in [3.05, 3.63) is 83.6 Å². The van der Waals surface area contributed by atoms with Crippen LogP contribution in [0.4, 0.5) is 0 Å². The molecule has 0 unspecified atom stereocenters. The Hall–Kier alpha value is -3.34. The molecule has 5 nitrogen and oxygen atoms in total. The van der Waals surface area contributed by atoms with E-state index in [2.05, 4.69) is 11.9 Å².